The summed E-state index contributed by atoms with van der Waals surface area (Å²) in [5, 5.41) is 8.78. The molecule has 0 aliphatic heterocycles. The van der Waals surface area contributed by atoms with Crippen LogP contribution < -0.4 is 5.76 Å². The van der Waals surface area contributed by atoms with E-state index >= 15 is 0 Å². The van der Waals surface area contributed by atoms with Gasteiger partial charge in [-0.05, 0) is 24.3 Å². The molecule has 0 unspecified atom stereocenters. The molecule has 122 valence electrons. The maximum absolute atomic E-state index is 13.8. The number of hydrogen-bond acceptors (Lipinski definition) is 4. The van der Waals surface area contributed by atoms with Gasteiger partial charge < -0.3 is 9.52 Å². The maximum atomic E-state index is 13.8. The number of carboxylic acid groups (broad SMARTS) is 1. The second kappa shape index (κ2) is 5.93. The van der Waals surface area contributed by atoms with Gasteiger partial charge in [-0.25, -0.2) is 9.18 Å². The van der Waals surface area contributed by atoms with Crippen LogP contribution in [0.4, 0.5) is 4.39 Å². The van der Waals surface area contributed by atoms with E-state index in [9.17, 15) is 18.8 Å². The predicted molar refractivity (Wildman–Crippen MR) is 83.0 cm³/mol. The quantitative estimate of drug-likeness (QED) is 0.731. The van der Waals surface area contributed by atoms with Crippen LogP contribution in [0.1, 0.15) is 15.9 Å². The van der Waals surface area contributed by atoms with Crippen LogP contribution in [0, 0.1) is 5.82 Å². The van der Waals surface area contributed by atoms with Crippen molar-refractivity contribution in [2.75, 3.05) is 0 Å². The van der Waals surface area contributed by atoms with Crippen molar-refractivity contribution in [3.05, 3.63) is 68.9 Å². The highest BCUT2D eigenvalue weighted by atomic mass is 35.5. The lowest BCUT2D eigenvalue weighted by atomic mass is 10.0. The fraction of sp³-hybridized carbons (Fsp3) is 0.0625. The minimum absolute atomic E-state index is 0.00895. The number of fused-ring (bicyclic) bond motifs is 1. The molecule has 8 heteroatoms. The number of benzene rings is 2. The van der Waals surface area contributed by atoms with Gasteiger partial charge in [0.15, 0.2) is 11.4 Å². The van der Waals surface area contributed by atoms with Crippen LogP contribution >= 0.6 is 11.6 Å². The SMILES string of the molecule is O=C(O)Cn1c(=O)oc2cc(C(=O)c3ccccc3F)c(Cl)cc21. The predicted octanol–water partition coefficient (Wildman–Crippen LogP) is 2.70. The van der Waals surface area contributed by atoms with Gasteiger partial charge in [-0.1, -0.05) is 23.7 Å². The molecule has 0 saturated carbocycles. The fourth-order valence-corrected chi connectivity index (χ4v) is 2.58. The number of carbonyl (C=O) groups is 2. The highest BCUT2D eigenvalue weighted by Crippen LogP contribution is 2.26. The maximum Gasteiger partial charge on any atom is 0.420 e. The summed E-state index contributed by atoms with van der Waals surface area (Å²) < 4.78 is 19.6. The second-order valence-electron chi connectivity index (χ2n) is 4.96. The summed E-state index contributed by atoms with van der Waals surface area (Å²) in [6, 6.07) is 7.85. The van der Waals surface area contributed by atoms with E-state index in [1.165, 1.54) is 30.3 Å². The number of rotatable bonds is 4. The largest absolute Gasteiger partial charge is 0.480 e. The third kappa shape index (κ3) is 2.69. The average molecular weight is 350 g/mol. The Kier molecular flexibility index (Phi) is 3.94. The molecule has 0 spiro atoms. The molecule has 3 aromatic rings. The fourth-order valence-electron chi connectivity index (χ4n) is 2.33. The van der Waals surface area contributed by atoms with E-state index in [4.69, 9.17) is 21.1 Å². The number of halogens is 2. The van der Waals surface area contributed by atoms with Crippen LogP contribution in [0.3, 0.4) is 0 Å². The summed E-state index contributed by atoms with van der Waals surface area (Å²) in [5.74, 6) is -3.50. The number of carbonyl (C=O) groups excluding carboxylic acids is 1. The van der Waals surface area contributed by atoms with Crippen LogP contribution in [-0.4, -0.2) is 21.4 Å². The van der Waals surface area contributed by atoms with E-state index in [0.29, 0.717) is 0 Å². The van der Waals surface area contributed by atoms with E-state index < -0.39 is 29.9 Å². The minimum atomic E-state index is -1.23. The molecule has 2 aromatic carbocycles. The van der Waals surface area contributed by atoms with E-state index in [0.717, 1.165) is 10.6 Å². The zero-order valence-electron chi connectivity index (χ0n) is 12.0. The van der Waals surface area contributed by atoms with Crippen LogP contribution in [0.15, 0.2) is 45.6 Å². The van der Waals surface area contributed by atoms with Gasteiger partial charge in [0.1, 0.15) is 12.4 Å². The Labute approximate surface area is 138 Å². The number of hydrogen-bond donors (Lipinski definition) is 1. The number of aromatic nitrogens is 1. The Bertz CT molecular complexity index is 1040. The van der Waals surface area contributed by atoms with Crippen LogP contribution in [0.2, 0.25) is 5.02 Å². The third-order valence-electron chi connectivity index (χ3n) is 3.41. The number of aliphatic carboxylic acids is 1. The standard InChI is InChI=1S/C16H9ClFNO5/c17-10-6-12-13(24-16(23)19(12)7-14(20)21)5-9(10)15(22)8-3-1-2-4-11(8)18/h1-6H,7H2,(H,20,21). The van der Waals surface area contributed by atoms with E-state index in [2.05, 4.69) is 0 Å². The first-order chi connectivity index (χ1) is 11.4. The molecule has 3 rings (SSSR count). The van der Waals surface area contributed by atoms with E-state index in [-0.39, 0.29) is 27.2 Å². The van der Waals surface area contributed by atoms with Gasteiger partial charge in [-0.3, -0.25) is 14.2 Å². The zero-order valence-corrected chi connectivity index (χ0v) is 12.7. The van der Waals surface area contributed by atoms with Crippen molar-refractivity contribution in [1.29, 1.82) is 0 Å². The van der Waals surface area contributed by atoms with E-state index in [1.807, 2.05) is 0 Å². The topological polar surface area (TPSA) is 89.5 Å². The van der Waals surface area contributed by atoms with Crippen molar-refractivity contribution in [3.63, 3.8) is 0 Å². The summed E-state index contributed by atoms with van der Waals surface area (Å²) in [7, 11) is 0. The van der Waals surface area contributed by atoms with Crippen LogP contribution in [0.5, 0.6) is 0 Å². The average Bonchev–Trinajstić information content (AvgIpc) is 2.81. The molecule has 0 aliphatic rings. The number of carboxylic acids is 1. The van der Waals surface area contributed by atoms with Crippen LogP contribution in [0.25, 0.3) is 11.1 Å². The molecule has 0 atom stereocenters. The molecule has 0 bridgehead atoms. The van der Waals surface area contributed by atoms with Gasteiger partial charge >= 0.3 is 11.7 Å². The first kappa shape index (κ1) is 15.9. The van der Waals surface area contributed by atoms with Crippen molar-refractivity contribution in [2.24, 2.45) is 0 Å². The third-order valence-corrected chi connectivity index (χ3v) is 3.73. The molecule has 0 radical (unpaired) electrons. The highest BCUT2D eigenvalue weighted by molar-refractivity contribution is 6.35. The van der Waals surface area contributed by atoms with Crippen molar-refractivity contribution in [3.8, 4) is 0 Å². The molecule has 0 aliphatic carbocycles. The van der Waals surface area contributed by atoms with Gasteiger partial charge in [0.25, 0.3) is 0 Å². The molecule has 0 amide bonds. The van der Waals surface area contributed by atoms with Crippen molar-refractivity contribution >= 4 is 34.5 Å². The van der Waals surface area contributed by atoms with Crippen molar-refractivity contribution < 1.29 is 23.5 Å². The van der Waals surface area contributed by atoms with Gasteiger partial charge in [-0.2, -0.15) is 0 Å². The first-order valence-electron chi connectivity index (χ1n) is 6.72. The smallest absolute Gasteiger partial charge is 0.420 e. The Hall–Kier alpha value is -2.93. The summed E-state index contributed by atoms with van der Waals surface area (Å²) in [6.07, 6.45) is 0. The van der Waals surface area contributed by atoms with Gasteiger partial charge in [0, 0.05) is 5.56 Å². The Balaban J connectivity index is 2.16. The van der Waals surface area contributed by atoms with Gasteiger partial charge in [0.05, 0.1) is 16.1 Å². The Morgan fingerprint density at radius 2 is 1.92 bits per heavy atom. The zero-order chi connectivity index (χ0) is 17.4. The van der Waals surface area contributed by atoms with Crippen molar-refractivity contribution in [1.82, 2.24) is 4.57 Å². The van der Waals surface area contributed by atoms with Crippen molar-refractivity contribution in [2.45, 2.75) is 6.54 Å². The number of oxazole rings is 1. The Morgan fingerprint density at radius 1 is 1.21 bits per heavy atom. The Morgan fingerprint density at radius 3 is 2.58 bits per heavy atom. The molecule has 24 heavy (non-hydrogen) atoms. The molecular weight excluding hydrogens is 341 g/mol. The lowest BCUT2D eigenvalue weighted by Crippen LogP contribution is -2.19. The summed E-state index contributed by atoms with van der Waals surface area (Å²) in [6.45, 7) is -0.608. The molecule has 1 heterocycles. The van der Waals surface area contributed by atoms with E-state index in [1.54, 1.807) is 0 Å². The van der Waals surface area contributed by atoms with Crippen LogP contribution in [-0.2, 0) is 11.3 Å². The number of ketones is 1. The summed E-state index contributed by atoms with van der Waals surface area (Å²) in [4.78, 5) is 35.0. The van der Waals surface area contributed by atoms with Gasteiger partial charge in [-0.15, -0.1) is 0 Å². The lowest BCUT2D eigenvalue weighted by Gasteiger charge is -2.05. The summed E-state index contributed by atoms with van der Waals surface area (Å²) in [5.41, 5.74) is -0.0978. The molecule has 1 N–H and O–H groups in total. The molecule has 1 aromatic heterocycles. The molecular formula is C16H9ClFNO5. The molecule has 0 saturated heterocycles. The molecule has 0 fully saturated rings. The monoisotopic (exact) mass is 349 g/mol. The normalized spacial score (nSPS) is 10.9. The summed E-state index contributed by atoms with van der Waals surface area (Å²) >= 11 is 6.07. The second-order valence-corrected chi connectivity index (χ2v) is 5.36. The van der Waals surface area contributed by atoms with Gasteiger partial charge in [0.2, 0.25) is 0 Å². The highest BCUT2D eigenvalue weighted by Gasteiger charge is 2.20. The number of nitrogens with zero attached hydrogens (tertiary/aromatic N) is 1. The first-order valence-corrected chi connectivity index (χ1v) is 7.10. The molecule has 6 nitrogen and oxygen atoms in total. The lowest BCUT2D eigenvalue weighted by molar-refractivity contribution is -0.137. The minimum Gasteiger partial charge on any atom is -0.480 e.